The van der Waals surface area contributed by atoms with Crippen molar-refractivity contribution in [1.29, 1.82) is 0 Å². The second kappa shape index (κ2) is 7.78. The molecular weight excluding hydrogens is 246 g/mol. The molecule has 1 aromatic rings. The Morgan fingerprint density at radius 2 is 2.05 bits per heavy atom. The first-order valence-corrected chi connectivity index (χ1v) is 6.60. The zero-order chi connectivity index (χ0) is 14.3. The van der Waals surface area contributed by atoms with Gasteiger partial charge in [0.1, 0.15) is 6.26 Å². The predicted molar refractivity (Wildman–Crippen MR) is 73.5 cm³/mol. The average Bonchev–Trinajstić information content (AvgIpc) is 2.84. The first-order valence-electron chi connectivity index (χ1n) is 6.60. The van der Waals surface area contributed by atoms with E-state index >= 15 is 0 Å². The number of rotatable bonds is 8. The van der Waals surface area contributed by atoms with Crippen molar-refractivity contribution in [2.75, 3.05) is 45.2 Å². The number of likely N-dealkylation sites (N-methyl/N-ethyl adjacent to an activating group) is 1. The molecule has 0 aliphatic rings. The molecule has 6 heteroatoms. The minimum atomic E-state index is -0.443. The van der Waals surface area contributed by atoms with Crippen LogP contribution in [0.15, 0.2) is 10.7 Å². The number of hydrogen-bond acceptors (Lipinski definition) is 6. The molecule has 6 nitrogen and oxygen atoms in total. The molecule has 0 unspecified atom stereocenters. The van der Waals surface area contributed by atoms with E-state index in [-0.39, 0.29) is 5.69 Å². The second-order valence-electron chi connectivity index (χ2n) is 4.53. The van der Waals surface area contributed by atoms with Crippen molar-refractivity contribution in [3.05, 3.63) is 12.0 Å². The summed E-state index contributed by atoms with van der Waals surface area (Å²) in [6, 6.07) is 0.478. The van der Waals surface area contributed by atoms with Crippen molar-refractivity contribution in [3.63, 3.8) is 0 Å². The van der Waals surface area contributed by atoms with Crippen molar-refractivity contribution in [3.8, 4) is 0 Å². The fraction of sp³-hybridized carbons (Fsp3) is 0.692. The standard InChI is InChI=1S/C13H23N3O3/c1-5-7-16(9-8-15(3)4)13-14-11(10-19-13)12(17)18-6-2/h10H,5-9H2,1-4H3. The first-order chi connectivity index (χ1) is 9.08. The third-order valence-corrected chi connectivity index (χ3v) is 2.56. The number of ether oxygens (including phenoxy) is 1. The number of oxazole rings is 1. The zero-order valence-corrected chi connectivity index (χ0v) is 12.2. The Hall–Kier alpha value is -1.56. The number of aromatic nitrogens is 1. The van der Waals surface area contributed by atoms with E-state index in [0.29, 0.717) is 12.6 Å². The molecule has 0 saturated heterocycles. The summed E-state index contributed by atoms with van der Waals surface area (Å²) in [5, 5.41) is 0. The molecule has 0 fully saturated rings. The van der Waals surface area contributed by atoms with E-state index in [1.54, 1.807) is 6.92 Å². The maximum Gasteiger partial charge on any atom is 0.360 e. The summed E-state index contributed by atoms with van der Waals surface area (Å²) in [6.45, 7) is 6.74. The van der Waals surface area contributed by atoms with Gasteiger partial charge in [0, 0.05) is 19.6 Å². The van der Waals surface area contributed by atoms with Crippen LogP contribution in [0.1, 0.15) is 30.8 Å². The van der Waals surface area contributed by atoms with Gasteiger partial charge in [0.05, 0.1) is 6.61 Å². The van der Waals surface area contributed by atoms with Crippen LogP contribution in [0.4, 0.5) is 6.01 Å². The lowest BCUT2D eigenvalue weighted by atomic mass is 10.4. The van der Waals surface area contributed by atoms with E-state index in [1.165, 1.54) is 6.26 Å². The lowest BCUT2D eigenvalue weighted by Crippen LogP contribution is -2.32. The van der Waals surface area contributed by atoms with Gasteiger partial charge in [-0.2, -0.15) is 4.98 Å². The summed E-state index contributed by atoms with van der Waals surface area (Å²) in [4.78, 5) is 19.9. The lowest BCUT2D eigenvalue weighted by Gasteiger charge is -2.21. The minimum absolute atomic E-state index is 0.225. The smallest absolute Gasteiger partial charge is 0.360 e. The van der Waals surface area contributed by atoms with Gasteiger partial charge in [0.25, 0.3) is 6.01 Å². The van der Waals surface area contributed by atoms with E-state index < -0.39 is 5.97 Å². The van der Waals surface area contributed by atoms with Crippen LogP contribution in [0, 0.1) is 0 Å². The maximum atomic E-state index is 11.5. The van der Waals surface area contributed by atoms with Gasteiger partial charge in [0.15, 0.2) is 5.69 Å². The normalized spacial score (nSPS) is 10.8. The van der Waals surface area contributed by atoms with Gasteiger partial charge >= 0.3 is 5.97 Å². The molecule has 0 aromatic carbocycles. The lowest BCUT2D eigenvalue weighted by molar-refractivity contribution is 0.0519. The molecule has 1 rings (SSSR count). The van der Waals surface area contributed by atoms with Crippen LogP contribution in [0.3, 0.4) is 0 Å². The third-order valence-electron chi connectivity index (χ3n) is 2.56. The Labute approximate surface area is 114 Å². The maximum absolute atomic E-state index is 11.5. The molecule has 0 radical (unpaired) electrons. The van der Waals surface area contributed by atoms with Crippen LogP contribution in [-0.4, -0.2) is 56.2 Å². The van der Waals surface area contributed by atoms with E-state index in [1.807, 2.05) is 19.0 Å². The van der Waals surface area contributed by atoms with E-state index in [2.05, 4.69) is 16.8 Å². The summed E-state index contributed by atoms with van der Waals surface area (Å²) >= 11 is 0. The summed E-state index contributed by atoms with van der Waals surface area (Å²) in [6.07, 6.45) is 2.34. The molecule has 0 N–H and O–H groups in total. The monoisotopic (exact) mass is 269 g/mol. The van der Waals surface area contributed by atoms with Crippen LogP contribution >= 0.6 is 0 Å². The molecule has 0 atom stereocenters. The van der Waals surface area contributed by atoms with Gasteiger partial charge in [-0.3, -0.25) is 0 Å². The molecule has 0 spiro atoms. The van der Waals surface area contributed by atoms with Crippen LogP contribution in [0.25, 0.3) is 0 Å². The largest absolute Gasteiger partial charge is 0.461 e. The number of nitrogens with zero attached hydrogens (tertiary/aromatic N) is 3. The molecule has 1 heterocycles. The highest BCUT2D eigenvalue weighted by atomic mass is 16.5. The fourth-order valence-corrected chi connectivity index (χ4v) is 1.60. The molecule has 0 aliphatic heterocycles. The van der Waals surface area contributed by atoms with Gasteiger partial charge in [-0.25, -0.2) is 4.79 Å². The second-order valence-corrected chi connectivity index (χ2v) is 4.53. The minimum Gasteiger partial charge on any atom is -0.461 e. The number of carbonyl (C=O) groups is 1. The number of esters is 1. The molecule has 1 aromatic heterocycles. The summed E-state index contributed by atoms with van der Waals surface area (Å²) in [7, 11) is 4.04. The van der Waals surface area contributed by atoms with Crippen molar-refractivity contribution in [2.24, 2.45) is 0 Å². The van der Waals surface area contributed by atoms with Crippen LogP contribution in [0.5, 0.6) is 0 Å². The highest BCUT2D eigenvalue weighted by molar-refractivity contribution is 5.87. The Morgan fingerprint density at radius 3 is 2.63 bits per heavy atom. The molecule has 19 heavy (non-hydrogen) atoms. The Balaban J connectivity index is 2.71. The number of anilines is 1. The number of carbonyl (C=O) groups excluding carboxylic acids is 1. The molecule has 0 amide bonds. The Morgan fingerprint density at radius 1 is 1.32 bits per heavy atom. The quantitative estimate of drug-likeness (QED) is 0.669. The van der Waals surface area contributed by atoms with Crippen molar-refractivity contribution in [2.45, 2.75) is 20.3 Å². The van der Waals surface area contributed by atoms with Gasteiger partial charge in [0.2, 0.25) is 0 Å². The molecule has 0 aliphatic carbocycles. The fourth-order valence-electron chi connectivity index (χ4n) is 1.60. The van der Waals surface area contributed by atoms with Crippen molar-refractivity contribution < 1.29 is 13.9 Å². The van der Waals surface area contributed by atoms with Gasteiger partial charge in [-0.15, -0.1) is 0 Å². The van der Waals surface area contributed by atoms with Crippen LogP contribution in [-0.2, 0) is 4.74 Å². The van der Waals surface area contributed by atoms with E-state index in [9.17, 15) is 4.79 Å². The van der Waals surface area contributed by atoms with Crippen molar-refractivity contribution in [1.82, 2.24) is 9.88 Å². The topological polar surface area (TPSA) is 58.8 Å². The average molecular weight is 269 g/mol. The summed E-state index contributed by atoms with van der Waals surface area (Å²) in [5.41, 5.74) is 0.225. The molecular formula is C13H23N3O3. The van der Waals surface area contributed by atoms with Gasteiger partial charge < -0.3 is 19.0 Å². The molecule has 0 bridgehead atoms. The zero-order valence-electron chi connectivity index (χ0n) is 12.2. The van der Waals surface area contributed by atoms with Crippen LogP contribution < -0.4 is 4.90 Å². The third kappa shape index (κ3) is 4.90. The number of hydrogen-bond donors (Lipinski definition) is 0. The molecule has 108 valence electrons. The van der Waals surface area contributed by atoms with Crippen LogP contribution in [0.2, 0.25) is 0 Å². The van der Waals surface area contributed by atoms with Gasteiger partial charge in [-0.1, -0.05) is 6.92 Å². The highest BCUT2D eigenvalue weighted by Crippen LogP contribution is 2.14. The van der Waals surface area contributed by atoms with Crippen molar-refractivity contribution >= 4 is 12.0 Å². The van der Waals surface area contributed by atoms with E-state index in [0.717, 1.165) is 26.1 Å². The summed E-state index contributed by atoms with van der Waals surface area (Å²) in [5.74, 6) is -0.443. The van der Waals surface area contributed by atoms with E-state index in [4.69, 9.17) is 9.15 Å². The Kier molecular flexibility index (Phi) is 6.35. The SMILES string of the molecule is CCCN(CCN(C)C)c1nc(C(=O)OCC)co1. The predicted octanol–water partition coefficient (Wildman–Crippen LogP) is 1.63. The summed E-state index contributed by atoms with van der Waals surface area (Å²) < 4.78 is 10.3. The highest BCUT2D eigenvalue weighted by Gasteiger charge is 2.17. The Bertz CT molecular complexity index is 390. The first kappa shape index (κ1) is 15.5. The van der Waals surface area contributed by atoms with Gasteiger partial charge in [-0.05, 0) is 27.4 Å². The molecule has 0 saturated carbocycles.